The van der Waals surface area contributed by atoms with Crippen LogP contribution in [0.25, 0.3) is 0 Å². The van der Waals surface area contributed by atoms with Gasteiger partial charge in [-0.25, -0.2) is 0 Å². The van der Waals surface area contributed by atoms with Crippen molar-refractivity contribution < 1.29 is 14.4 Å². The van der Waals surface area contributed by atoms with Crippen LogP contribution in [0.5, 0.6) is 0 Å². The molecule has 0 aliphatic carbocycles. The summed E-state index contributed by atoms with van der Waals surface area (Å²) in [6, 6.07) is 3.85. The van der Waals surface area contributed by atoms with Crippen LogP contribution in [-0.4, -0.2) is 60.7 Å². The molecule has 22 heavy (non-hydrogen) atoms. The molecule has 0 bridgehead atoms. The van der Waals surface area contributed by atoms with Crippen molar-refractivity contribution in [1.82, 2.24) is 15.1 Å². The molecule has 2 rings (SSSR count). The lowest BCUT2D eigenvalue weighted by molar-refractivity contribution is -0.132. The van der Waals surface area contributed by atoms with Gasteiger partial charge in [0.05, 0.1) is 12.3 Å². The van der Waals surface area contributed by atoms with E-state index in [0.717, 1.165) is 4.88 Å². The van der Waals surface area contributed by atoms with Gasteiger partial charge in [-0.1, -0.05) is 6.07 Å². The van der Waals surface area contributed by atoms with Gasteiger partial charge in [0.25, 0.3) is 0 Å². The van der Waals surface area contributed by atoms with E-state index in [1.165, 1.54) is 6.92 Å². The number of nitrogens with one attached hydrogen (secondary N) is 1. The molecule has 1 atom stereocenters. The lowest BCUT2D eigenvalue weighted by Crippen LogP contribution is -2.42. The fraction of sp³-hybridized carbons (Fsp3) is 0.533. The molecule has 0 saturated carbocycles. The van der Waals surface area contributed by atoms with Crippen molar-refractivity contribution in [2.24, 2.45) is 5.92 Å². The Morgan fingerprint density at radius 2 is 1.95 bits per heavy atom. The maximum absolute atomic E-state index is 12.4. The highest BCUT2D eigenvalue weighted by Gasteiger charge is 2.30. The van der Waals surface area contributed by atoms with Gasteiger partial charge in [-0.3, -0.25) is 14.4 Å². The molecule has 1 aliphatic heterocycles. The van der Waals surface area contributed by atoms with Crippen LogP contribution in [0.2, 0.25) is 0 Å². The summed E-state index contributed by atoms with van der Waals surface area (Å²) in [7, 11) is 1.57. The zero-order valence-corrected chi connectivity index (χ0v) is 13.7. The van der Waals surface area contributed by atoms with Gasteiger partial charge in [-0.2, -0.15) is 0 Å². The Morgan fingerprint density at radius 1 is 1.27 bits per heavy atom. The van der Waals surface area contributed by atoms with Crippen molar-refractivity contribution in [2.45, 2.75) is 13.3 Å². The topological polar surface area (TPSA) is 69.7 Å². The highest BCUT2D eigenvalue weighted by molar-refractivity contribution is 7.10. The minimum atomic E-state index is -0.385. The van der Waals surface area contributed by atoms with Crippen LogP contribution in [0.1, 0.15) is 11.8 Å². The zero-order chi connectivity index (χ0) is 16.1. The molecule has 0 spiro atoms. The van der Waals surface area contributed by atoms with Crippen molar-refractivity contribution in [1.29, 1.82) is 0 Å². The first-order valence-corrected chi connectivity index (χ1v) is 8.16. The fourth-order valence-corrected chi connectivity index (χ4v) is 3.27. The molecule has 120 valence electrons. The van der Waals surface area contributed by atoms with Crippen LogP contribution in [-0.2, 0) is 20.8 Å². The Bertz CT molecular complexity index is 544. The Hall–Kier alpha value is -1.89. The molecule has 2 heterocycles. The van der Waals surface area contributed by atoms with Crippen LogP contribution in [0.15, 0.2) is 17.5 Å². The molecule has 1 fully saturated rings. The summed E-state index contributed by atoms with van der Waals surface area (Å²) < 4.78 is 0. The molecular formula is C15H21N3O3S. The van der Waals surface area contributed by atoms with E-state index >= 15 is 0 Å². The van der Waals surface area contributed by atoms with E-state index in [1.807, 2.05) is 17.5 Å². The predicted octanol–water partition coefficient (Wildman–Crippen LogP) is 0.344. The molecule has 1 saturated heterocycles. The molecule has 6 nitrogen and oxygen atoms in total. The Kier molecular flexibility index (Phi) is 5.54. The Balaban J connectivity index is 2.08. The molecule has 7 heteroatoms. The van der Waals surface area contributed by atoms with Crippen LogP contribution in [0, 0.1) is 5.92 Å². The van der Waals surface area contributed by atoms with Crippen LogP contribution in [0.3, 0.4) is 0 Å². The largest absolute Gasteiger partial charge is 0.359 e. The molecule has 1 aromatic heterocycles. The number of hydrogen-bond donors (Lipinski definition) is 1. The number of carbonyl (C=O) groups excluding carboxylic acids is 3. The maximum atomic E-state index is 12.4. The summed E-state index contributed by atoms with van der Waals surface area (Å²) in [5, 5.41) is 4.55. The van der Waals surface area contributed by atoms with Gasteiger partial charge in [0, 0.05) is 45.0 Å². The fourth-order valence-electron chi connectivity index (χ4n) is 2.57. The SMILES string of the molecule is CNC(=O)[C@@H]1CN(C(C)=O)CCN(C(=O)Cc2cccs2)C1. The smallest absolute Gasteiger partial charge is 0.227 e. The van der Waals surface area contributed by atoms with Crippen molar-refractivity contribution in [3.63, 3.8) is 0 Å². The van der Waals surface area contributed by atoms with Gasteiger partial charge in [0.15, 0.2) is 0 Å². The highest BCUT2D eigenvalue weighted by atomic mass is 32.1. The molecule has 0 radical (unpaired) electrons. The first kappa shape index (κ1) is 16.5. The monoisotopic (exact) mass is 323 g/mol. The van der Waals surface area contributed by atoms with E-state index in [2.05, 4.69) is 5.32 Å². The number of amides is 3. The second-order valence-corrected chi connectivity index (χ2v) is 6.40. The van der Waals surface area contributed by atoms with E-state index in [-0.39, 0.29) is 23.6 Å². The van der Waals surface area contributed by atoms with E-state index in [0.29, 0.717) is 32.6 Å². The third-order valence-electron chi connectivity index (χ3n) is 3.84. The standard InChI is InChI=1S/C15H21N3O3S/c1-11(19)17-5-6-18(10-12(9-17)15(21)16-2)14(20)8-13-4-3-7-22-13/h3-4,7,12H,5-6,8-10H2,1-2H3,(H,16,21)/t12-/m1/s1. The van der Waals surface area contributed by atoms with Gasteiger partial charge in [0.2, 0.25) is 17.7 Å². The molecule has 1 aliphatic rings. The maximum Gasteiger partial charge on any atom is 0.227 e. The first-order chi connectivity index (χ1) is 10.5. The number of hydrogen-bond acceptors (Lipinski definition) is 4. The Labute approximate surface area is 134 Å². The predicted molar refractivity (Wildman–Crippen MR) is 84.4 cm³/mol. The summed E-state index contributed by atoms with van der Waals surface area (Å²) >= 11 is 1.55. The quantitative estimate of drug-likeness (QED) is 0.872. The van der Waals surface area contributed by atoms with Gasteiger partial charge in [-0.15, -0.1) is 11.3 Å². The molecule has 1 N–H and O–H groups in total. The van der Waals surface area contributed by atoms with Crippen molar-refractivity contribution in [3.8, 4) is 0 Å². The second-order valence-electron chi connectivity index (χ2n) is 5.37. The lowest BCUT2D eigenvalue weighted by Gasteiger charge is -2.23. The number of nitrogens with zero attached hydrogens (tertiary/aromatic N) is 2. The van der Waals surface area contributed by atoms with Gasteiger partial charge in [0.1, 0.15) is 0 Å². The van der Waals surface area contributed by atoms with Crippen LogP contribution in [0.4, 0.5) is 0 Å². The molecule has 3 amide bonds. The molecular weight excluding hydrogens is 302 g/mol. The first-order valence-electron chi connectivity index (χ1n) is 7.28. The van der Waals surface area contributed by atoms with E-state index in [9.17, 15) is 14.4 Å². The molecule has 0 unspecified atom stereocenters. The molecule has 1 aromatic rings. The average molecular weight is 323 g/mol. The normalized spacial score (nSPS) is 18.7. The number of rotatable bonds is 3. The third-order valence-corrected chi connectivity index (χ3v) is 4.72. The summed E-state index contributed by atoms with van der Waals surface area (Å²) in [6.45, 7) is 3.14. The third kappa shape index (κ3) is 4.07. The van der Waals surface area contributed by atoms with Gasteiger partial charge >= 0.3 is 0 Å². The van der Waals surface area contributed by atoms with E-state index in [1.54, 1.807) is 28.2 Å². The molecule has 0 aromatic carbocycles. The van der Waals surface area contributed by atoms with E-state index in [4.69, 9.17) is 0 Å². The summed E-state index contributed by atoms with van der Waals surface area (Å²) in [5.41, 5.74) is 0. The minimum Gasteiger partial charge on any atom is -0.359 e. The Morgan fingerprint density at radius 3 is 2.55 bits per heavy atom. The summed E-state index contributed by atoms with van der Waals surface area (Å²) in [4.78, 5) is 40.4. The number of thiophene rings is 1. The highest BCUT2D eigenvalue weighted by Crippen LogP contribution is 2.15. The average Bonchev–Trinajstić information content (AvgIpc) is 2.88. The summed E-state index contributed by atoms with van der Waals surface area (Å²) in [6.07, 6.45) is 0.345. The van der Waals surface area contributed by atoms with E-state index < -0.39 is 0 Å². The lowest BCUT2D eigenvalue weighted by atomic mass is 10.1. The van der Waals surface area contributed by atoms with Crippen LogP contribution < -0.4 is 5.32 Å². The number of carbonyl (C=O) groups is 3. The zero-order valence-electron chi connectivity index (χ0n) is 12.9. The minimum absolute atomic E-state index is 0.00163. The second kappa shape index (κ2) is 7.40. The van der Waals surface area contributed by atoms with Gasteiger partial charge in [-0.05, 0) is 11.4 Å². The van der Waals surface area contributed by atoms with Crippen molar-refractivity contribution >= 4 is 29.1 Å². The van der Waals surface area contributed by atoms with Crippen LogP contribution >= 0.6 is 11.3 Å². The van der Waals surface area contributed by atoms with Crippen molar-refractivity contribution in [3.05, 3.63) is 22.4 Å². The summed E-state index contributed by atoms with van der Waals surface area (Å²) in [5.74, 6) is -0.589. The van der Waals surface area contributed by atoms with Gasteiger partial charge < -0.3 is 15.1 Å². The van der Waals surface area contributed by atoms with Crippen molar-refractivity contribution in [2.75, 3.05) is 33.2 Å².